The summed E-state index contributed by atoms with van der Waals surface area (Å²) in [5.41, 5.74) is 2.12. The van der Waals surface area contributed by atoms with E-state index in [0.29, 0.717) is 32.9 Å². The molecule has 0 radical (unpaired) electrons. The van der Waals surface area contributed by atoms with Crippen LogP contribution in [0.15, 0.2) is 40.7 Å². The summed E-state index contributed by atoms with van der Waals surface area (Å²) in [4.78, 5) is 9.30. The van der Waals surface area contributed by atoms with Crippen LogP contribution in [0.5, 0.6) is 0 Å². The minimum absolute atomic E-state index is 0.546. The molecule has 6 nitrogen and oxygen atoms in total. The molecule has 0 bridgehead atoms. The second-order valence-electron chi connectivity index (χ2n) is 6.21. The highest BCUT2D eigenvalue weighted by Gasteiger charge is 2.04. The Morgan fingerprint density at radius 2 is 1.82 bits per heavy atom. The van der Waals surface area contributed by atoms with E-state index >= 15 is 0 Å². The lowest BCUT2D eigenvalue weighted by Gasteiger charge is -2.11. The molecule has 0 aliphatic carbocycles. The van der Waals surface area contributed by atoms with Crippen molar-refractivity contribution in [1.82, 2.24) is 15.6 Å². The van der Waals surface area contributed by atoms with E-state index < -0.39 is 0 Å². The SMILES string of the molecule is CCCCOCCOCCNC(=NCc1csc(-c2ccccc2)n1)NCC. The zero-order chi connectivity index (χ0) is 19.9. The van der Waals surface area contributed by atoms with E-state index in [0.717, 1.165) is 48.2 Å². The van der Waals surface area contributed by atoms with E-state index in [4.69, 9.17) is 9.47 Å². The fourth-order valence-corrected chi connectivity index (χ4v) is 3.22. The van der Waals surface area contributed by atoms with E-state index in [2.05, 4.69) is 52.0 Å². The molecule has 154 valence electrons. The Hall–Kier alpha value is -1.96. The van der Waals surface area contributed by atoms with Crippen LogP contribution in [0.2, 0.25) is 0 Å². The van der Waals surface area contributed by atoms with Crippen LogP contribution in [0.3, 0.4) is 0 Å². The fraction of sp³-hybridized carbons (Fsp3) is 0.524. The van der Waals surface area contributed by atoms with Gasteiger partial charge in [-0.2, -0.15) is 0 Å². The molecule has 0 spiro atoms. The molecular formula is C21H32N4O2S. The second kappa shape index (κ2) is 14.1. The number of rotatable bonds is 13. The van der Waals surface area contributed by atoms with Gasteiger partial charge in [-0.25, -0.2) is 9.98 Å². The van der Waals surface area contributed by atoms with Crippen molar-refractivity contribution in [3.63, 3.8) is 0 Å². The van der Waals surface area contributed by atoms with Crippen molar-refractivity contribution in [1.29, 1.82) is 0 Å². The van der Waals surface area contributed by atoms with Crippen LogP contribution in [0, 0.1) is 0 Å². The highest BCUT2D eigenvalue weighted by atomic mass is 32.1. The molecule has 1 aromatic heterocycles. The number of unbranched alkanes of at least 4 members (excludes halogenated alkanes) is 1. The van der Waals surface area contributed by atoms with Crippen LogP contribution in [0.1, 0.15) is 32.4 Å². The molecule has 0 aliphatic rings. The number of ether oxygens (including phenoxy) is 2. The Balaban J connectivity index is 1.70. The van der Waals surface area contributed by atoms with Crippen LogP contribution in [-0.2, 0) is 16.0 Å². The summed E-state index contributed by atoms with van der Waals surface area (Å²) in [6, 6.07) is 10.2. The Morgan fingerprint density at radius 1 is 1.04 bits per heavy atom. The lowest BCUT2D eigenvalue weighted by Crippen LogP contribution is -2.39. The molecule has 0 amide bonds. The average Bonchev–Trinajstić information content (AvgIpc) is 3.20. The average molecular weight is 405 g/mol. The lowest BCUT2D eigenvalue weighted by molar-refractivity contribution is 0.0487. The number of guanidine groups is 1. The monoisotopic (exact) mass is 404 g/mol. The standard InChI is InChI=1S/C21H32N4O2S/c1-3-5-12-26-14-15-27-13-11-23-21(22-4-2)24-16-19-17-28-20(25-19)18-9-7-6-8-10-18/h6-10,17H,3-5,11-16H2,1-2H3,(H2,22,23,24). The van der Waals surface area contributed by atoms with Gasteiger partial charge in [-0.05, 0) is 13.3 Å². The van der Waals surface area contributed by atoms with E-state index in [1.54, 1.807) is 11.3 Å². The summed E-state index contributed by atoms with van der Waals surface area (Å²) in [5.74, 6) is 0.777. The van der Waals surface area contributed by atoms with Gasteiger partial charge in [0.1, 0.15) is 5.01 Å². The molecule has 0 aliphatic heterocycles. The van der Waals surface area contributed by atoms with Gasteiger partial charge in [0.2, 0.25) is 0 Å². The van der Waals surface area contributed by atoms with Crippen molar-refractivity contribution in [2.24, 2.45) is 4.99 Å². The van der Waals surface area contributed by atoms with Crippen molar-refractivity contribution in [3.8, 4) is 10.6 Å². The zero-order valence-electron chi connectivity index (χ0n) is 16.9. The Morgan fingerprint density at radius 3 is 2.57 bits per heavy atom. The number of hydrogen-bond acceptors (Lipinski definition) is 5. The van der Waals surface area contributed by atoms with Gasteiger partial charge < -0.3 is 20.1 Å². The van der Waals surface area contributed by atoms with Crippen LogP contribution < -0.4 is 10.6 Å². The molecule has 28 heavy (non-hydrogen) atoms. The van der Waals surface area contributed by atoms with Gasteiger partial charge in [-0.15, -0.1) is 11.3 Å². The maximum absolute atomic E-state index is 5.58. The summed E-state index contributed by atoms with van der Waals surface area (Å²) in [6.45, 7) is 8.99. The van der Waals surface area contributed by atoms with Gasteiger partial charge in [-0.3, -0.25) is 0 Å². The largest absolute Gasteiger partial charge is 0.379 e. The fourth-order valence-electron chi connectivity index (χ4n) is 2.40. The molecule has 2 rings (SSSR count). The molecule has 2 aromatic rings. The number of nitrogens with zero attached hydrogens (tertiary/aromatic N) is 2. The Bertz CT molecular complexity index is 676. The van der Waals surface area contributed by atoms with Crippen molar-refractivity contribution in [2.75, 3.05) is 39.5 Å². The zero-order valence-corrected chi connectivity index (χ0v) is 17.8. The normalized spacial score (nSPS) is 11.6. The summed E-state index contributed by atoms with van der Waals surface area (Å²) in [6.07, 6.45) is 2.27. The molecular weight excluding hydrogens is 372 g/mol. The molecule has 0 saturated carbocycles. The first-order chi connectivity index (χ1) is 13.8. The van der Waals surface area contributed by atoms with E-state index in [1.165, 1.54) is 0 Å². The summed E-state index contributed by atoms with van der Waals surface area (Å²) in [5, 5.41) is 9.63. The summed E-state index contributed by atoms with van der Waals surface area (Å²) < 4.78 is 11.1. The number of benzene rings is 1. The number of thiazole rings is 1. The van der Waals surface area contributed by atoms with Crippen molar-refractivity contribution < 1.29 is 9.47 Å². The molecule has 0 unspecified atom stereocenters. The third-order valence-electron chi connectivity index (χ3n) is 3.87. The number of nitrogens with one attached hydrogen (secondary N) is 2. The maximum Gasteiger partial charge on any atom is 0.191 e. The van der Waals surface area contributed by atoms with E-state index in [9.17, 15) is 0 Å². The molecule has 2 N–H and O–H groups in total. The predicted molar refractivity (Wildman–Crippen MR) is 117 cm³/mol. The molecule has 0 atom stereocenters. The highest BCUT2D eigenvalue weighted by Crippen LogP contribution is 2.23. The molecule has 0 fully saturated rings. The van der Waals surface area contributed by atoms with Crippen molar-refractivity contribution in [3.05, 3.63) is 41.4 Å². The van der Waals surface area contributed by atoms with Gasteiger partial charge in [0.15, 0.2) is 5.96 Å². The lowest BCUT2D eigenvalue weighted by atomic mass is 10.2. The quantitative estimate of drug-likeness (QED) is 0.303. The molecule has 7 heteroatoms. The number of hydrogen-bond donors (Lipinski definition) is 2. The number of aliphatic imine (C=N–C) groups is 1. The van der Waals surface area contributed by atoms with Gasteiger partial charge in [0, 0.05) is 30.6 Å². The number of aromatic nitrogens is 1. The topological polar surface area (TPSA) is 67.8 Å². The first-order valence-corrected chi connectivity index (χ1v) is 10.9. The van der Waals surface area contributed by atoms with Crippen LogP contribution >= 0.6 is 11.3 Å². The Kier molecular flexibility index (Phi) is 11.2. The maximum atomic E-state index is 5.58. The third kappa shape index (κ3) is 8.82. The predicted octanol–water partition coefficient (Wildman–Crippen LogP) is 3.70. The van der Waals surface area contributed by atoms with Crippen molar-refractivity contribution >= 4 is 17.3 Å². The third-order valence-corrected chi connectivity index (χ3v) is 4.81. The van der Waals surface area contributed by atoms with Gasteiger partial charge in [0.05, 0.1) is 32.1 Å². The van der Waals surface area contributed by atoms with Gasteiger partial charge >= 0.3 is 0 Å². The smallest absolute Gasteiger partial charge is 0.191 e. The van der Waals surface area contributed by atoms with E-state index in [1.807, 2.05) is 18.2 Å². The van der Waals surface area contributed by atoms with Gasteiger partial charge in [0.25, 0.3) is 0 Å². The summed E-state index contributed by atoms with van der Waals surface area (Å²) >= 11 is 1.65. The van der Waals surface area contributed by atoms with Crippen LogP contribution in [0.4, 0.5) is 0 Å². The van der Waals surface area contributed by atoms with Crippen molar-refractivity contribution in [2.45, 2.75) is 33.2 Å². The first kappa shape index (κ1) is 22.3. The Labute approximate surface area is 172 Å². The van der Waals surface area contributed by atoms with Crippen LogP contribution in [-0.4, -0.2) is 50.5 Å². The molecule has 0 saturated heterocycles. The van der Waals surface area contributed by atoms with Crippen LogP contribution in [0.25, 0.3) is 10.6 Å². The molecule has 1 heterocycles. The van der Waals surface area contributed by atoms with E-state index in [-0.39, 0.29) is 0 Å². The minimum atomic E-state index is 0.546. The molecule has 1 aromatic carbocycles. The second-order valence-corrected chi connectivity index (χ2v) is 7.07. The summed E-state index contributed by atoms with van der Waals surface area (Å²) in [7, 11) is 0. The first-order valence-electron chi connectivity index (χ1n) is 10.0. The minimum Gasteiger partial charge on any atom is -0.379 e. The highest BCUT2D eigenvalue weighted by molar-refractivity contribution is 7.13. The van der Waals surface area contributed by atoms with Gasteiger partial charge in [-0.1, -0.05) is 43.7 Å².